The number of ether oxygens (including phenoxy) is 1. The van der Waals surface area contributed by atoms with Crippen LogP contribution < -0.4 is 0 Å². The highest BCUT2D eigenvalue weighted by molar-refractivity contribution is 7.91. The van der Waals surface area contributed by atoms with Gasteiger partial charge in [0, 0.05) is 5.56 Å². The van der Waals surface area contributed by atoms with Gasteiger partial charge in [-0.2, -0.15) is 0 Å². The Morgan fingerprint density at radius 1 is 1.25 bits per heavy atom. The molecule has 6 heteroatoms. The van der Waals surface area contributed by atoms with Crippen molar-refractivity contribution in [1.29, 1.82) is 0 Å². The van der Waals surface area contributed by atoms with Gasteiger partial charge in [-0.25, -0.2) is 8.42 Å². The summed E-state index contributed by atoms with van der Waals surface area (Å²) in [5.74, 6) is -0.829. The van der Waals surface area contributed by atoms with Crippen molar-refractivity contribution < 1.29 is 22.7 Å². The Bertz CT molecular complexity index is 593. The molecule has 0 unspecified atom stereocenters. The lowest BCUT2D eigenvalue weighted by molar-refractivity contribution is -0.142. The van der Waals surface area contributed by atoms with Crippen LogP contribution in [0.1, 0.15) is 34.8 Å². The highest BCUT2D eigenvalue weighted by Gasteiger charge is 2.21. The van der Waals surface area contributed by atoms with Crippen LogP contribution in [0.15, 0.2) is 17.0 Å². The second-order valence-electron chi connectivity index (χ2n) is 4.48. The standard InChI is InChI=1S/C14H18O5S/c1-4-19-13(16)5-6-20(17,18)14-10(2)7-12(9-15)8-11(14)3/h7-9H,4-6H2,1-3H3. The maximum atomic E-state index is 12.3. The Morgan fingerprint density at radius 2 is 1.80 bits per heavy atom. The van der Waals surface area contributed by atoms with E-state index in [4.69, 9.17) is 4.74 Å². The molecular weight excluding hydrogens is 280 g/mol. The Kier molecular flexibility index (Phi) is 5.44. The summed E-state index contributed by atoms with van der Waals surface area (Å²) < 4.78 is 29.3. The van der Waals surface area contributed by atoms with Gasteiger partial charge in [0.15, 0.2) is 9.84 Å². The molecule has 0 amide bonds. The molecule has 5 nitrogen and oxygen atoms in total. The third-order valence-electron chi connectivity index (χ3n) is 2.81. The predicted octanol–water partition coefficient (Wildman–Crippen LogP) is 1.84. The molecule has 1 rings (SSSR count). The number of aldehydes is 1. The summed E-state index contributed by atoms with van der Waals surface area (Å²) in [4.78, 5) is 22.2. The number of sulfone groups is 1. The van der Waals surface area contributed by atoms with Gasteiger partial charge < -0.3 is 4.74 Å². The summed E-state index contributed by atoms with van der Waals surface area (Å²) in [5.41, 5.74) is 1.45. The second-order valence-corrected chi connectivity index (χ2v) is 6.52. The molecule has 20 heavy (non-hydrogen) atoms. The number of hydrogen-bond donors (Lipinski definition) is 0. The van der Waals surface area contributed by atoms with Gasteiger partial charge in [-0.3, -0.25) is 9.59 Å². The van der Waals surface area contributed by atoms with Crippen molar-refractivity contribution in [3.8, 4) is 0 Å². The maximum Gasteiger partial charge on any atom is 0.306 e. The normalized spacial score (nSPS) is 11.2. The molecule has 0 saturated carbocycles. The molecule has 1 aromatic rings. The zero-order chi connectivity index (χ0) is 15.3. The monoisotopic (exact) mass is 298 g/mol. The van der Waals surface area contributed by atoms with Crippen molar-refractivity contribution >= 4 is 22.1 Å². The summed E-state index contributed by atoms with van der Waals surface area (Å²) in [6.07, 6.45) is 0.500. The SMILES string of the molecule is CCOC(=O)CCS(=O)(=O)c1c(C)cc(C=O)cc1C. The molecule has 0 atom stereocenters. The summed E-state index contributed by atoms with van der Waals surface area (Å²) in [5, 5.41) is 0. The highest BCUT2D eigenvalue weighted by Crippen LogP contribution is 2.23. The fourth-order valence-electron chi connectivity index (χ4n) is 2.10. The fraction of sp³-hybridized carbons (Fsp3) is 0.429. The number of esters is 1. The molecule has 0 aliphatic rings. The number of hydrogen-bond acceptors (Lipinski definition) is 5. The zero-order valence-corrected chi connectivity index (χ0v) is 12.6. The number of aryl methyl sites for hydroxylation is 2. The van der Waals surface area contributed by atoms with E-state index in [0.717, 1.165) is 0 Å². The van der Waals surface area contributed by atoms with E-state index in [9.17, 15) is 18.0 Å². The number of carbonyl (C=O) groups excluding carboxylic acids is 2. The largest absolute Gasteiger partial charge is 0.466 e. The Balaban J connectivity index is 3.04. The first-order valence-electron chi connectivity index (χ1n) is 6.26. The zero-order valence-electron chi connectivity index (χ0n) is 11.8. The van der Waals surface area contributed by atoms with Crippen LogP contribution in [-0.2, 0) is 19.4 Å². The van der Waals surface area contributed by atoms with Crippen molar-refractivity contribution in [2.75, 3.05) is 12.4 Å². The Morgan fingerprint density at radius 3 is 2.25 bits per heavy atom. The molecule has 0 aromatic heterocycles. The van der Waals surface area contributed by atoms with Crippen LogP contribution >= 0.6 is 0 Å². The molecule has 110 valence electrons. The van der Waals surface area contributed by atoms with Gasteiger partial charge in [-0.05, 0) is 44.0 Å². The molecule has 0 aliphatic carbocycles. The molecule has 0 saturated heterocycles. The molecule has 0 aliphatic heterocycles. The Labute approximate surface area is 118 Å². The van der Waals surface area contributed by atoms with Crippen molar-refractivity contribution in [2.45, 2.75) is 32.1 Å². The molecule has 0 radical (unpaired) electrons. The highest BCUT2D eigenvalue weighted by atomic mass is 32.2. The Hall–Kier alpha value is -1.69. The van der Waals surface area contributed by atoms with E-state index < -0.39 is 15.8 Å². The van der Waals surface area contributed by atoms with Gasteiger partial charge in [0.05, 0.1) is 23.7 Å². The van der Waals surface area contributed by atoms with E-state index >= 15 is 0 Å². The van der Waals surface area contributed by atoms with Gasteiger partial charge in [-0.15, -0.1) is 0 Å². The fourth-order valence-corrected chi connectivity index (χ4v) is 3.83. The average molecular weight is 298 g/mol. The van der Waals surface area contributed by atoms with Crippen LogP contribution in [0.5, 0.6) is 0 Å². The van der Waals surface area contributed by atoms with Crippen molar-refractivity contribution in [3.05, 3.63) is 28.8 Å². The minimum Gasteiger partial charge on any atom is -0.466 e. The first-order chi connectivity index (χ1) is 9.31. The van der Waals surface area contributed by atoms with Gasteiger partial charge in [0.25, 0.3) is 0 Å². The third-order valence-corrected chi connectivity index (χ3v) is 4.82. The lowest BCUT2D eigenvalue weighted by Crippen LogP contribution is -2.15. The molecular formula is C14H18O5S. The lowest BCUT2D eigenvalue weighted by atomic mass is 10.1. The average Bonchev–Trinajstić information content (AvgIpc) is 2.35. The summed E-state index contributed by atoms with van der Waals surface area (Å²) >= 11 is 0. The quantitative estimate of drug-likeness (QED) is 0.591. The van der Waals surface area contributed by atoms with E-state index in [0.29, 0.717) is 23.0 Å². The molecule has 0 fully saturated rings. The van der Waals surface area contributed by atoms with E-state index in [1.54, 1.807) is 20.8 Å². The summed E-state index contributed by atoms with van der Waals surface area (Å²) in [6, 6.07) is 3.05. The van der Waals surface area contributed by atoms with E-state index in [2.05, 4.69) is 0 Å². The number of benzene rings is 1. The number of rotatable bonds is 6. The molecule has 0 bridgehead atoms. The summed E-state index contributed by atoms with van der Waals surface area (Å²) in [7, 11) is -3.58. The van der Waals surface area contributed by atoms with Crippen LogP contribution in [0.25, 0.3) is 0 Å². The minimum atomic E-state index is -3.58. The minimum absolute atomic E-state index is 0.176. The molecule has 0 N–H and O–H groups in total. The van der Waals surface area contributed by atoms with Gasteiger partial charge in [0.2, 0.25) is 0 Å². The third kappa shape index (κ3) is 3.90. The van der Waals surface area contributed by atoms with Gasteiger partial charge in [-0.1, -0.05) is 0 Å². The van der Waals surface area contributed by atoms with Crippen LogP contribution in [0.3, 0.4) is 0 Å². The second kappa shape index (κ2) is 6.65. The van der Waals surface area contributed by atoms with Crippen LogP contribution in [0.4, 0.5) is 0 Å². The first kappa shape index (κ1) is 16.4. The molecule has 1 aromatic carbocycles. The van der Waals surface area contributed by atoms with Crippen LogP contribution in [0, 0.1) is 13.8 Å². The van der Waals surface area contributed by atoms with Crippen molar-refractivity contribution in [2.24, 2.45) is 0 Å². The van der Waals surface area contributed by atoms with Crippen molar-refractivity contribution in [3.63, 3.8) is 0 Å². The predicted molar refractivity (Wildman–Crippen MR) is 74.6 cm³/mol. The summed E-state index contributed by atoms with van der Waals surface area (Å²) in [6.45, 7) is 5.16. The van der Waals surface area contributed by atoms with Gasteiger partial charge >= 0.3 is 5.97 Å². The van der Waals surface area contributed by atoms with E-state index in [1.165, 1.54) is 12.1 Å². The number of carbonyl (C=O) groups is 2. The topological polar surface area (TPSA) is 77.5 Å². The molecule has 0 heterocycles. The lowest BCUT2D eigenvalue weighted by Gasteiger charge is -2.11. The molecule has 0 spiro atoms. The van der Waals surface area contributed by atoms with Crippen molar-refractivity contribution in [1.82, 2.24) is 0 Å². The maximum absolute atomic E-state index is 12.3. The van der Waals surface area contributed by atoms with E-state index in [1.807, 2.05) is 0 Å². The smallest absolute Gasteiger partial charge is 0.306 e. The van der Waals surface area contributed by atoms with Gasteiger partial charge in [0.1, 0.15) is 6.29 Å². The first-order valence-corrected chi connectivity index (χ1v) is 7.92. The van der Waals surface area contributed by atoms with E-state index in [-0.39, 0.29) is 23.7 Å². The van der Waals surface area contributed by atoms with Crippen LogP contribution in [-0.4, -0.2) is 33.0 Å². The van der Waals surface area contributed by atoms with Crippen LogP contribution in [0.2, 0.25) is 0 Å².